The summed E-state index contributed by atoms with van der Waals surface area (Å²) >= 11 is 0. The van der Waals surface area contributed by atoms with E-state index >= 15 is 0 Å². The number of carboxylic acid groups (broad SMARTS) is 1. The van der Waals surface area contributed by atoms with E-state index in [2.05, 4.69) is 20.8 Å². The monoisotopic (exact) mass is 428 g/mol. The minimum absolute atomic E-state index is 0. The first-order valence-corrected chi connectivity index (χ1v) is 11.6. The minimum atomic E-state index is -0.948. The van der Waals surface area contributed by atoms with Crippen LogP contribution in [0.15, 0.2) is 0 Å². The number of carboxylic acids is 1. The van der Waals surface area contributed by atoms with Gasteiger partial charge in [0.2, 0.25) is 0 Å². The number of aliphatic hydroxyl groups excluding tert-OH is 1. The van der Waals surface area contributed by atoms with Crippen molar-refractivity contribution in [1.29, 1.82) is 0 Å². The summed E-state index contributed by atoms with van der Waals surface area (Å²) in [5.74, 6) is 1.87. The van der Waals surface area contributed by atoms with Crippen molar-refractivity contribution in [1.82, 2.24) is 0 Å². The van der Waals surface area contributed by atoms with Crippen molar-refractivity contribution < 1.29 is 71.2 Å². The number of fused-ring (bicyclic) bond motifs is 5. The largest absolute Gasteiger partial charge is 1.00 e. The van der Waals surface area contributed by atoms with Crippen LogP contribution in [-0.2, 0) is 9.59 Å². The van der Waals surface area contributed by atoms with Gasteiger partial charge in [0.15, 0.2) is 0 Å². The second-order valence-corrected chi connectivity index (χ2v) is 11.2. The molecule has 4 nitrogen and oxygen atoms in total. The van der Waals surface area contributed by atoms with Crippen LogP contribution in [0, 0.1) is 46.3 Å². The van der Waals surface area contributed by atoms with Gasteiger partial charge in [0.05, 0.1) is 6.10 Å². The van der Waals surface area contributed by atoms with Gasteiger partial charge in [-0.05, 0) is 98.2 Å². The third kappa shape index (κ3) is 4.11. The van der Waals surface area contributed by atoms with Crippen molar-refractivity contribution in [2.24, 2.45) is 46.3 Å². The van der Waals surface area contributed by atoms with Crippen LogP contribution < -0.4 is 56.5 Å². The quantitative estimate of drug-likeness (QED) is 0.656. The molecule has 0 aromatic heterocycles. The van der Waals surface area contributed by atoms with Gasteiger partial charge in [0.1, 0.15) is 5.78 Å². The van der Waals surface area contributed by atoms with E-state index in [1.165, 1.54) is 0 Å². The molecule has 0 aromatic carbocycles. The zero-order valence-corrected chi connectivity index (χ0v) is 21.9. The van der Waals surface area contributed by atoms with Gasteiger partial charge in [-0.2, -0.15) is 0 Å². The molecule has 4 aliphatic rings. The summed E-state index contributed by atoms with van der Waals surface area (Å²) in [5, 5.41) is 21.1. The molecule has 0 spiro atoms. The smallest absolute Gasteiger partial charge is 0.550 e. The fourth-order valence-corrected chi connectivity index (χ4v) is 8.43. The summed E-state index contributed by atoms with van der Waals surface area (Å²) < 4.78 is 0. The maximum Gasteiger partial charge on any atom is 1.00 e. The number of aliphatic hydroxyl groups is 1. The zero-order chi connectivity index (χ0) is 20.3. The molecule has 0 heterocycles. The van der Waals surface area contributed by atoms with Crippen molar-refractivity contribution in [2.45, 2.75) is 91.1 Å². The molecule has 0 bridgehead atoms. The Morgan fingerprint density at radius 3 is 2.48 bits per heavy atom. The Hall–Kier alpha value is 0.736. The number of rotatable bonds is 4. The molecular weight excluding hydrogens is 391 g/mol. The van der Waals surface area contributed by atoms with Gasteiger partial charge in [-0.15, -0.1) is 0 Å². The molecule has 4 rings (SSSR count). The number of hydrogen-bond acceptors (Lipinski definition) is 4. The first kappa shape index (κ1) is 24.4. The molecule has 0 radical (unpaired) electrons. The predicted octanol–water partition coefficient (Wildman–Crippen LogP) is 0.355. The van der Waals surface area contributed by atoms with Crippen LogP contribution in [0.5, 0.6) is 0 Å². The fraction of sp³-hybridized carbons (Fsp3) is 0.917. The second-order valence-electron chi connectivity index (χ2n) is 11.2. The SMILES string of the molecule is C[C@H](CCC(=O)[O-])[C@H]1CCC2C3C(=O)C[C@@H]4C[C@H](O)CC[C@]4(C)C3CC[C@@]21C.[K+]. The zero-order valence-electron chi connectivity index (χ0n) is 18.8. The summed E-state index contributed by atoms with van der Waals surface area (Å²) in [4.78, 5) is 24.3. The van der Waals surface area contributed by atoms with E-state index in [0.29, 0.717) is 48.2 Å². The molecule has 4 saturated carbocycles. The van der Waals surface area contributed by atoms with Crippen molar-refractivity contribution >= 4 is 11.8 Å². The molecule has 1 N–H and O–H groups in total. The number of carbonyl (C=O) groups is 2. The van der Waals surface area contributed by atoms with E-state index in [1.807, 2.05) is 0 Å². The molecule has 4 aliphatic carbocycles. The normalized spacial score (nSPS) is 47.4. The van der Waals surface area contributed by atoms with Crippen molar-refractivity contribution in [2.75, 3.05) is 0 Å². The Kier molecular flexibility index (Phi) is 7.51. The second kappa shape index (κ2) is 8.94. The topological polar surface area (TPSA) is 77.4 Å². The first-order valence-electron chi connectivity index (χ1n) is 11.6. The summed E-state index contributed by atoms with van der Waals surface area (Å²) in [6.07, 6.45) is 8.54. The average molecular weight is 429 g/mol. The van der Waals surface area contributed by atoms with Crippen LogP contribution in [-0.4, -0.2) is 23.0 Å². The van der Waals surface area contributed by atoms with Crippen LogP contribution in [0.3, 0.4) is 0 Å². The van der Waals surface area contributed by atoms with Crippen molar-refractivity contribution in [3.05, 3.63) is 0 Å². The molecular formula is C24H37KO4. The van der Waals surface area contributed by atoms with E-state index in [4.69, 9.17) is 0 Å². The summed E-state index contributed by atoms with van der Waals surface area (Å²) in [7, 11) is 0. The van der Waals surface area contributed by atoms with Gasteiger partial charge in [-0.3, -0.25) is 4.79 Å². The van der Waals surface area contributed by atoms with Gasteiger partial charge in [0.25, 0.3) is 0 Å². The summed E-state index contributed by atoms with van der Waals surface area (Å²) in [6, 6.07) is 0. The maximum atomic E-state index is 13.3. The van der Waals surface area contributed by atoms with Crippen LogP contribution in [0.1, 0.15) is 85.0 Å². The van der Waals surface area contributed by atoms with Gasteiger partial charge < -0.3 is 15.0 Å². The van der Waals surface area contributed by atoms with Crippen molar-refractivity contribution in [3.8, 4) is 0 Å². The molecule has 29 heavy (non-hydrogen) atoms. The van der Waals surface area contributed by atoms with Gasteiger partial charge in [-0.1, -0.05) is 20.8 Å². The number of ketones is 1. The molecule has 0 amide bonds. The molecule has 4 fully saturated rings. The maximum absolute atomic E-state index is 13.3. The molecule has 0 aliphatic heterocycles. The molecule has 5 heteroatoms. The van der Waals surface area contributed by atoms with E-state index in [0.717, 1.165) is 44.9 Å². The third-order valence-electron chi connectivity index (χ3n) is 10.0. The third-order valence-corrected chi connectivity index (χ3v) is 10.0. The predicted molar refractivity (Wildman–Crippen MR) is 105 cm³/mol. The number of Topliss-reactive ketones (excluding diaryl/α,β-unsaturated/α-hetero) is 1. The van der Waals surface area contributed by atoms with E-state index in [9.17, 15) is 19.8 Å². The van der Waals surface area contributed by atoms with Crippen LogP contribution in [0.4, 0.5) is 0 Å². The van der Waals surface area contributed by atoms with E-state index in [-0.39, 0.29) is 80.7 Å². The number of hydrogen-bond donors (Lipinski definition) is 1. The summed E-state index contributed by atoms with van der Waals surface area (Å²) in [6.45, 7) is 7.01. The Balaban J connectivity index is 0.00000240. The van der Waals surface area contributed by atoms with Crippen LogP contribution in [0.2, 0.25) is 0 Å². The molecule has 9 atom stereocenters. The Morgan fingerprint density at radius 2 is 1.79 bits per heavy atom. The molecule has 0 aromatic rings. The molecule has 3 unspecified atom stereocenters. The van der Waals surface area contributed by atoms with Crippen LogP contribution in [0.25, 0.3) is 0 Å². The van der Waals surface area contributed by atoms with E-state index < -0.39 is 5.97 Å². The minimum Gasteiger partial charge on any atom is -0.550 e. The first-order chi connectivity index (χ1) is 13.2. The van der Waals surface area contributed by atoms with Gasteiger partial charge in [-0.25, -0.2) is 0 Å². The number of carbonyl (C=O) groups excluding carboxylic acids is 2. The standard InChI is InChI=1S/C24H38O4.K/c1-14(4-7-21(27)28)17-5-6-18-22-19(9-11-24(17,18)3)23(2)10-8-16(25)12-15(23)13-20(22)26;/h14-19,22,25H,4-13H2,1-3H3,(H,27,28);/q;+1/p-1/t14-,15+,16-,17-,18?,19?,22?,23+,24-;/m1./s1. The Labute approximate surface area is 218 Å². The molecule has 158 valence electrons. The van der Waals surface area contributed by atoms with Crippen LogP contribution >= 0.6 is 0 Å². The molecule has 0 saturated heterocycles. The van der Waals surface area contributed by atoms with E-state index in [1.54, 1.807) is 0 Å². The number of aliphatic carboxylic acids is 1. The van der Waals surface area contributed by atoms with Crippen molar-refractivity contribution in [3.63, 3.8) is 0 Å². The Morgan fingerprint density at radius 1 is 1.14 bits per heavy atom. The average Bonchev–Trinajstić information content (AvgIpc) is 2.98. The Bertz CT molecular complexity index is 651. The fourth-order valence-electron chi connectivity index (χ4n) is 8.43. The van der Waals surface area contributed by atoms with Gasteiger partial charge in [0, 0.05) is 18.3 Å². The summed E-state index contributed by atoms with van der Waals surface area (Å²) in [5.41, 5.74) is 0.372. The van der Waals surface area contributed by atoms with Gasteiger partial charge >= 0.3 is 51.4 Å².